The Balaban J connectivity index is 1.27. The molecule has 0 saturated carbocycles. The molecule has 0 amide bonds. The van der Waals surface area contributed by atoms with Crippen LogP contribution in [-0.4, -0.2) is 137 Å². The fraction of sp³-hybridized carbons (Fsp3) is 0.587. The Morgan fingerprint density at radius 3 is 1.41 bits per heavy atom. The van der Waals surface area contributed by atoms with Crippen molar-refractivity contribution in [2.75, 3.05) is 34.0 Å². The van der Waals surface area contributed by atoms with E-state index in [1.54, 1.807) is 30.3 Å². The summed E-state index contributed by atoms with van der Waals surface area (Å²) in [5, 5.41) is 0. The molecular formula is C46H56O22. The topological polar surface area (TPSA) is 258 Å². The van der Waals surface area contributed by atoms with Crippen molar-refractivity contribution in [3.05, 3.63) is 47.5 Å². The van der Waals surface area contributed by atoms with E-state index in [2.05, 4.69) is 0 Å². The molecule has 4 saturated heterocycles. The van der Waals surface area contributed by atoms with Gasteiger partial charge >= 0.3 is 41.8 Å². The van der Waals surface area contributed by atoms with Gasteiger partial charge in [-0.15, -0.1) is 0 Å². The van der Waals surface area contributed by atoms with Crippen LogP contribution in [0.4, 0.5) is 0 Å². The highest BCUT2D eigenvalue weighted by Gasteiger charge is 2.56. The van der Waals surface area contributed by atoms with Crippen LogP contribution in [-0.2, 0) is 85.7 Å². The Hall–Kier alpha value is -6.07. The molecule has 6 rings (SSSR count). The molecule has 22 heteroatoms. The average Bonchev–Trinajstić information content (AvgIpc) is 3.87. The summed E-state index contributed by atoms with van der Waals surface area (Å²) < 4.78 is 87.5. The number of rotatable bonds is 16. The van der Waals surface area contributed by atoms with Crippen LogP contribution >= 0.6 is 0 Å². The minimum absolute atomic E-state index is 0.0526. The minimum Gasteiger partial charge on any atom is -0.493 e. The summed E-state index contributed by atoms with van der Waals surface area (Å²) in [5.74, 6) is -4.55. The first-order chi connectivity index (χ1) is 32.3. The number of benzene rings is 2. The van der Waals surface area contributed by atoms with E-state index in [-0.39, 0.29) is 35.2 Å². The minimum atomic E-state index is -1.61. The zero-order chi connectivity index (χ0) is 49.6. The van der Waals surface area contributed by atoms with Gasteiger partial charge in [0, 0.05) is 60.3 Å². The van der Waals surface area contributed by atoms with E-state index in [1.807, 2.05) is 6.07 Å². The largest absolute Gasteiger partial charge is 0.493 e. The maximum atomic E-state index is 12.7. The molecule has 0 aliphatic carbocycles. The van der Waals surface area contributed by atoms with Gasteiger partial charge in [-0.3, -0.25) is 33.6 Å². The molecule has 2 aromatic carbocycles. The molecule has 0 unspecified atom stereocenters. The standard InChI is InChI=1S/C46H56O22/c1-20-37(61-22(3)48)41(63-24(5)50)43(65-26(7)52)45(59-20)58-19-36-40(62-23(4)49)42(64-25(6)51)44(66-27(8)53)46(68-36)67-33-14-12-29(16-35(33)55-10)39-31-18-56-38(30(31)17-57-39)28-11-13-32(60-21(2)47)34(15-28)54-9/h11-16,20,30-31,36-46H,17-19H2,1-10H3/t20-,30+,31+,36+,37+,38-,39-,40+,41-,42-,43+,44+,45-,46-/m1/s1. The third-order valence-electron chi connectivity index (χ3n) is 11.3. The van der Waals surface area contributed by atoms with Gasteiger partial charge in [-0.05, 0) is 42.3 Å². The molecule has 0 spiro atoms. The number of fused-ring (bicyclic) bond motifs is 1. The summed E-state index contributed by atoms with van der Waals surface area (Å²) in [6.45, 7) is 9.59. The Morgan fingerprint density at radius 1 is 0.500 bits per heavy atom. The van der Waals surface area contributed by atoms with Gasteiger partial charge in [0.25, 0.3) is 0 Å². The molecule has 4 aliphatic heterocycles. The second-order valence-electron chi connectivity index (χ2n) is 16.4. The molecule has 4 fully saturated rings. The normalized spacial score (nSPS) is 30.7. The first-order valence-corrected chi connectivity index (χ1v) is 21.7. The summed E-state index contributed by atoms with van der Waals surface area (Å²) in [5.41, 5.74) is 1.54. The third-order valence-corrected chi connectivity index (χ3v) is 11.3. The molecule has 372 valence electrons. The quantitative estimate of drug-likeness (QED) is 0.133. The predicted octanol–water partition coefficient (Wildman–Crippen LogP) is 3.16. The van der Waals surface area contributed by atoms with Crippen LogP contribution in [0.2, 0.25) is 0 Å². The SMILES string of the molecule is COc1cc([C@H]2OC[C@H]3[C@@H]2CO[C@@H]3c2ccc(O[C@@H]3O[C@@H](CO[C@@H]4O[C@H](C)[C@H](OC(C)=O)[C@@H](OC(C)=O)[C@@H]4OC(C)=O)[C@H](OC(C)=O)[C@@H](OC(C)=O)[C@@H]3OC(C)=O)c(OC)c2)ccc1OC(C)=O. The van der Waals surface area contributed by atoms with Crippen molar-refractivity contribution in [2.45, 2.75) is 129 Å². The molecule has 22 nitrogen and oxygen atoms in total. The molecule has 4 heterocycles. The summed E-state index contributed by atoms with van der Waals surface area (Å²) >= 11 is 0. The average molecular weight is 961 g/mol. The Bertz CT molecular complexity index is 2190. The summed E-state index contributed by atoms with van der Waals surface area (Å²) in [6.07, 6.45) is -15.1. The van der Waals surface area contributed by atoms with Gasteiger partial charge in [0.1, 0.15) is 6.10 Å². The maximum absolute atomic E-state index is 12.7. The van der Waals surface area contributed by atoms with Crippen molar-refractivity contribution in [1.82, 2.24) is 0 Å². The number of carbonyl (C=O) groups is 7. The van der Waals surface area contributed by atoms with Gasteiger partial charge < -0.3 is 71.1 Å². The Kier molecular flexibility index (Phi) is 16.9. The Morgan fingerprint density at radius 2 is 0.926 bits per heavy atom. The number of methoxy groups -OCH3 is 2. The fourth-order valence-electron chi connectivity index (χ4n) is 8.80. The van der Waals surface area contributed by atoms with Crippen LogP contribution in [0.1, 0.15) is 78.7 Å². The van der Waals surface area contributed by atoms with E-state index in [4.69, 9.17) is 71.1 Å². The monoisotopic (exact) mass is 960 g/mol. The van der Waals surface area contributed by atoms with Crippen LogP contribution in [0.25, 0.3) is 0 Å². The van der Waals surface area contributed by atoms with Gasteiger partial charge in [-0.2, -0.15) is 0 Å². The summed E-state index contributed by atoms with van der Waals surface area (Å²) in [6, 6.07) is 10.3. The highest BCUT2D eigenvalue weighted by molar-refractivity contribution is 5.71. The first-order valence-electron chi connectivity index (χ1n) is 21.7. The molecule has 4 aliphatic rings. The molecule has 0 N–H and O–H groups in total. The van der Waals surface area contributed by atoms with Crippen molar-refractivity contribution in [3.8, 4) is 23.0 Å². The molecule has 68 heavy (non-hydrogen) atoms. The maximum Gasteiger partial charge on any atom is 0.308 e. The van der Waals surface area contributed by atoms with Crippen molar-refractivity contribution in [2.24, 2.45) is 11.8 Å². The Labute approximate surface area is 391 Å². The van der Waals surface area contributed by atoms with Crippen LogP contribution in [0.5, 0.6) is 23.0 Å². The fourth-order valence-corrected chi connectivity index (χ4v) is 8.80. The van der Waals surface area contributed by atoms with Gasteiger partial charge in [0.05, 0.1) is 52.4 Å². The van der Waals surface area contributed by atoms with E-state index >= 15 is 0 Å². The highest BCUT2D eigenvalue weighted by Crippen LogP contribution is 2.52. The molecular weight excluding hydrogens is 904 g/mol. The number of ether oxygens (including phenoxy) is 15. The van der Waals surface area contributed by atoms with Crippen molar-refractivity contribution >= 4 is 41.8 Å². The molecule has 0 radical (unpaired) electrons. The lowest BCUT2D eigenvalue weighted by Crippen LogP contribution is -2.64. The number of hydrogen-bond donors (Lipinski definition) is 0. The number of hydrogen-bond acceptors (Lipinski definition) is 22. The van der Waals surface area contributed by atoms with Crippen LogP contribution in [0, 0.1) is 11.8 Å². The zero-order valence-electron chi connectivity index (χ0n) is 39.1. The van der Waals surface area contributed by atoms with Gasteiger partial charge in [0.2, 0.25) is 12.4 Å². The van der Waals surface area contributed by atoms with Crippen LogP contribution < -0.4 is 18.9 Å². The number of carbonyl (C=O) groups excluding carboxylic acids is 7. The second kappa shape index (κ2) is 22.4. The van der Waals surface area contributed by atoms with E-state index < -0.39 is 116 Å². The van der Waals surface area contributed by atoms with E-state index in [0.717, 1.165) is 52.7 Å². The van der Waals surface area contributed by atoms with E-state index in [1.165, 1.54) is 28.1 Å². The van der Waals surface area contributed by atoms with Gasteiger partial charge in [-0.25, -0.2) is 0 Å². The lowest BCUT2D eigenvalue weighted by Gasteiger charge is -2.46. The predicted molar refractivity (Wildman–Crippen MR) is 225 cm³/mol. The van der Waals surface area contributed by atoms with Crippen molar-refractivity contribution in [3.63, 3.8) is 0 Å². The van der Waals surface area contributed by atoms with Crippen LogP contribution in [0.15, 0.2) is 36.4 Å². The van der Waals surface area contributed by atoms with Gasteiger partial charge in [-0.1, -0.05) is 12.1 Å². The summed E-state index contributed by atoms with van der Waals surface area (Å²) in [4.78, 5) is 86.2. The summed E-state index contributed by atoms with van der Waals surface area (Å²) in [7, 11) is 2.89. The number of esters is 7. The third kappa shape index (κ3) is 12.1. The van der Waals surface area contributed by atoms with Crippen LogP contribution in [0.3, 0.4) is 0 Å². The van der Waals surface area contributed by atoms with Gasteiger partial charge in [0.15, 0.2) is 59.8 Å². The van der Waals surface area contributed by atoms with Crippen molar-refractivity contribution in [1.29, 1.82) is 0 Å². The zero-order valence-corrected chi connectivity index (χ0v) is 39.1. The van der Waals surface area contributed by atoms with E-state index in [0.29, 0.717) is 19.0 Å². The lowest BCUT2D eigenvalue weighted by atomic mass is 9.85. The first kappa shape index (κ1) is 51.3. The molecule has 2 aromatic rings. The smallest absolute Gasteiger partial charge is 0.308 e. The lowest BCUT2D eigenvalue weighted by molar-refractivity contribution is -0.323. The molecule has 0 aromatic heterocycles. The second-order valence-corrected chi connectivity index (χ2v) is 16.4. The van der Waals surface area contributed by atoms with E-state index in [9.17, 15) is 33.6 Å². The molecule has 14 atom stereocenters. The van der Waals surface area contributed by atoms with Crippen molar-refractivity contribution < 1.29 is 105 Å². The molecule has 0 bridgehead atoms. The highest BCUT2D eigenvalue weighted by atomic mass is 16.8.